The fourth-order valence-corrected chi connectivity index (χ4v) is 5.55. The molecule has 2 aromatic rings. The molecular weight excluding hydrogens is 282 g/mol. The molecule has 1 saturated carbocycles. The van der Waals surface area contributed by atoms with Crippen LogP contribution in [0, 0.1) is 0 Å². The second kappa shape index (κ2) is 4.76. The molecule has 1 aromatic heterocycles. The maximum Gasteiger partial charge on any atom is 0.112 e. The van der Waals surface area contributed by atoms with Gasteiger partial charge in [-0.15, -0.1) is 0 Å². The van der Waals surface area contributed by atoms with Gasteiger partial charge in [0.25, 0.3) is 0 Å². The summed E-state index contributed by atoms with van der Waals surface area (Å²) in [6, 6.07) is 6.89. The van der Waals surface area contributed by atoms with Crippen LogP contribution in [0.3, 0.4) is 0 Å². The lowest BCUT2D eigenvalue weighted by molar-refractivity contribution is 0.304. The highest BCUT2D eigenvalue weighted by molar-refractivity contribution is 5.94. The minimum absolute atomic E-state index is 0.124. The number of piperidine rings is 1. The van der Waals surface area contributed by atoms with Crippen molar-refractivity contribution >= 4 is 16.7 Å². The lowest BCUT2D eigenvalue weighted by Crippen LogP contribution is -2.39. The van der Waals surface area contributed by atoms with Crippen molar-refractivity contribution in [2.75, 3.05) is 18.0 Å². The molecular formula is C20H27N3. The van der Waals surface area contributed by atoms with Gasteiger partial charge >= 0.3 is 0 Å². The highest BCUT2D eigenvalue weighted by Crippen LogP contribution is 2.49. The zero-order chi connectivity index (χ0) is 15.6. The van der Waals surface area contributed by atoms with E-state index in [-0.39, 0.29) is 5.54 Å². The van der Waals surface area contributed by atoms with Crippen LogP contribution in [0.15, 0.2) is 18.2 Å². The summed E-state index contributed by atoms with van der Waals surface area (Å²) in [6.45, 7) is 2.45. The van der Waals surface area contributed by atoms with E-state index in [2.05, 4.69) is 34.7 Å². The number of fused-ring (bicyclic) bond motifs is 3. The first-order chi connectivity index (χ1) is 11.2. The number of rotatable bonds is 1. The van der Waals surface area contributed by atoms with Crippen LogP contribution < -0.4 is 10.6 Å². The Bertz CT molecular complexity index is 759. The van der Waals surface area contributed by atoms with Crippen LogP contribution in [0.2, 0.25) is 0 Å². The van der Waals surface area contributed by atoms with Crippen molar-refractivity contribution in [2.45, 2.75) is 56.4 Å². The standard InChI is InChI=1S/C20H27N3/c1-22-18-15(17-14-8-12-23(13-9-14)19(17)22)6-5-7-16(18)20(21)10-3-2-4-11-20/h5-7,14H,2-4,8-13,21H2,1H3. The monoisotopic (exact) mass is 309 g/mol. The molecule has 2 fully saturated rings. The van der Waals surface area contributed by atoms with E-state index in [0.29, 0.717) is 0 Å². The second-order valence-corrected chi connectivity index (χ2v) is 7.98. The van der Waals surface area contributed by atoms with Gasteiger partial charge in [0, 0.05) is 36.6 Å². The van der Waals surface area contributed by atoms with Gasteiger partial charge in [0.2, 0.25) is 0 Å². The van der Waals surface area contributed by atoms with Crippen LogP contribution in [0.25, 0.3) is 10.9 Å². The molecule has 0 unspecified atom stereocenters. The first-order valence-electron chi connectivity index (χ1n) is 9.35. The molecule has 0 amide bonds. The van der Waals surface area contributed by atoms with Gasteiger partial charge in [0.1, 0.15) is 5.82 Å². The quantitative estimate of drug-likeness (QED) is 0.864. The van der Waals surface area contributed by atoms with E-state index in [9.17, 15) is 0 Å². The molecule has 122 valence electrons. The maximum absolute atomic E-state index is 6.93. The Balaban J connectivity index is 1.79. The van der Waals surface area contributed by atoms with Crippen LogP contribution >= 0.6 is 0 Å². The fraction of sp³-hybridized carbons (Fsp3) is 0.600. The fourth-order valence-electron chi connectivity index (χ4n) is 5.55. The molecule has 2 bridgehead atoms. The molecule has 1 aromatic carbocycles. The van der Waals surface area contributed by atoms with Crippen LogP contribution in [0.4, 0.5) is 5.82 Å². The zero-order valence-corrected chi connectivity index (χ0v) is 14.1. The summed E-state index contributed by atoms with van der Waals surface area (Å²) in [5.74, 6) is 2.24. The highest BCUT2D eigenvalue weighted by Gasteiger charge is 2.38. The molecule has 0 atom stereocenters. The Kier molecular flexibility index (Phi) is 2.88. The molecule has 0 radical (unpaired) electrons. The zero-order valence-electron chi connectivity index (χ0n) is 14.1. The topological polar surface area (TPSA) is 34.2 Å². The first-order valence-corrected chi connectivity index (χ1v) is 9.35. The van der Waals surface area contributed by atoms with Crippen LogP contribution in [-0.4, -0.2) is 17.7 Å². The van der Waals surface area contributed by atoms with Crippen LogP contribution in [0.5, 0.6) is 0 Å². The van der Waals surface area contributed by atoms with Crippen molar-refractivity contribution in [2.24, 2.45) is 12.8 Å². The molecule has 3 aliphatic heterocycles. The number of para-hydroxylation sites is 1. The first kappa shape index (κ1) is 13.9. The number of aryl methyl sites for hydroxylation is 1. The van der Waals surface area contributed by atoms with Gasteiger partial charge in [-0.05, 0) is 37.2 Å². The SMILES string of the molecule is Cn1c2c(c3cccc(C4(N)CCCCC4)c31)C1CCN2CC1. The maximum atomic E-state index is 6.93. The van der Waals surface area contributed by atoms with E-state index in [1.807, 2.05) is 0 Å². The number of anilines is 1. The average molecular weight is 309 g/mol. The Morgan fingerprint density at radius 2 is 1.83 bits per heavy atom. The number of hydrogen-bond acceptors (Lipinski definition) is 2. The molecule has 3 nitrogen and oxygen atoms in total. The van der Waals surface area contributed by atoms with Crippen LogP contribution in [0.1, 0.15) is 62.0 Å². The highest BCUT2D eigenvalue weighted by atomic mass is 15.3. The minimum Gasteiger partial charge on any atom is -0.358 e. The third-order valence-corrected chi connectivity index (χ3v) is 6.71. The third kappa shape index (κ3) is 1.80. The Morgan fingerprint density at radius 1 is 1.09 bits per heavy atom. The lowest BCUT2D eigenvalue weighted by atomic mass is 9.76. The number of benzene rings is 1. The minimum atomic E-state index is -0.124. The van der Waals surface area contributed by atoms with E-state index in [1.54, 1.807) is 5.56 Å². The predicted molar refractivity (Wildman–Crippen MR) is 96.1 cm³/mol. The van der Waals surface area contributed by atoms with E-state index in [1.165, 1.54) is 67.5 Å². The normalized spacial score (nSPS) is 23.5. The van der Waals surface area contributed by atoms with E-state index < -0.39 is 0 Å². The van der Waals surface area contributed by atoms with Gasteiger partial charge in [-0.3, -0.25) is 0 Å². The Morgan fingerprint density at radius 3 is 2.57 bits per heavy atom. The van der Waals surface area contributed by atoms with Gasteiger partial charge in [0.15, 0.2) is 0 Å². The van der Waals surface area contributed by atoms with Crippen molar-refractivity contribution in [3.8, 4) is 0 Å². The van der Waals surface area contributed by atoms with Crippen molar-refractivity contribution < 1.29 is 0 Å². The van der Waals surface area contributed by atoms with E-state index >= 15 is 0 Å². The van der Waals surface area contributed by atoms with Crippen molar-refractivity contribution in [1.82, 2.24) is 4.57 Å². The summed E-state index contributed by atoms with van der Waals surface area (Å²) in [4.78, 5) is 2.60. The summed E-state index contributed by atoms with van der Waals surface area (Å²) in [5.41, 5.74) is 11.2. The van der Waals surface area contributed by atoms with E-state index in [0.717, 1.165) is 18.8 Å². The number of hydrogen-bond donors (Lipinski definition) is 1. The third-order valence-electron chi connectivity index (χ3n) is 6.71. The Labute approximate surface area is 138 Å². The van der Waals surface area contributed by atoms with Crippen molar-refractivity contribution in [3.63, 3.8) is 0 Å². The number of nitrogens with zero attached hydrogens (tertiary/aromatic N) is 2. The summed E-state index contributed by atoms with van der Waals surface area (Å²) < 4.78 is 2.47. The summed E-state index contributed by atoms with van der Waals surface area (Å²) in [6.07, 6.45) is 8.80. The van der Waals surface area contributed by atoms with Gasteiger partial charge in [-0.2, -0.15) is 0 Å². The van der Waals surface area contributed by atoms with E-state index in [4.69, 9.17) is 5.73 Å². The smallest absolute Gasteiger partial charge is 0.112 e. The van der Waals surface area contributed by atoms with Gasteiger partial charge in [-0.25, -0.2) is 0 Å². The Hall–Kier alpha value is -1.48. The molecule has 23 heavy (non-hydrogen) atoms. The average Bonchev–Trinajstić information content (AvgIpc) is 2.92. The molecule has 0 spiro atoms. The number of aromatic nitrogens is 1. The lowest BCUT2D eigenvalue weighted by Gasteiger charge is -2.41. The van der Waals surface area contributed by atoms with Gasteiger partial charge < -0.3 is 15.2 Å². The molecule has 6 rings (SSSR count). The number of nitrogens with two attached hydrogens (primary N) is 1. The molecule has 3 heteroatoms. The molecule has 2 N–H and O–H groups in total. The summed E-state index contributed by atoms with van der Waals surface area (Å²) in [5, 5.41) is 1.48. The van der Waals surface area contributed by atoms with Gasteiger partial charge in [-0.1, -0.05) is 37.5 Å². The largest absolute Gasteiger partial charge is 0.358 e. The predicted octanol–water partition coefficient (Wildman–Crippen LogP) is 3.99. The molecule has 1 aliphatic carbocycles. The molecule has 4 aliphatic rings. The van der Waals surface area contributed by atoms with Crippen molar-refractivity contribution in [1.29, 1.82) is 0 Å². The summed E-state index contributed by atoms with van der Waals surface area (Å²) in [7, 11) is 2.26. The summed E-state index contributed by atoms with van der Waals surface area (Å²) >= 11 is 0. The van der Waals surface area contributed by atoms with Crippen LogP contribution in [-0.2, 0) is 12.6 Å². The molecule has 4 heterocycles. The van der Waals surface area contributed by atoms with Gasteiger partial charge in [0.05, 0.1) is 5.52 Å². The molecule has 1 saturated heterocycles. The van der Waals surface area contributed by atoms with Crippen molar-refractivity contribution in [3.05, 3.63) is 29.3 Å². The second-order valence-electron chi connectivity index (χ2n) is 7.98.